The van der Waals surface area contributed by atoms with E-state index in [0.29, 0.717) is 36.1 Å². The van der Waals surface area contributed by atoms with Crippen molar-refractivity contribution in [3.8, 4) is 22.2 Å². The van der Waals surface area contributed by atoms with E-state index in [1.165, 1.54) is 11.3 Å². The van der Waals surface area contributed by atoms with Crippen LogP contribution in [0.25, 0.3) is 25.9 Å². The Balaban J connectivity index is 1.10. The monoisotopic (exact) mass is 650 g/mol. The third-order valence-electron chi connectivity index (χ3n) is 7.64. The van der Waals surface area contributed by atoms with Gasteiger partial charge in [-0.3, -0.25) is 9.79 Å². The number of imidazole rings is 1. The molecule has 44 heavy (non-hydrogen) atoms. The molecular formula is C31H34N6O4S3. The first-order valence-electron chi connectivity index (χ1n) is 14.5. The number of hydrogen-bond acceptors (Lipinski definition) is 11. The van der Waals surface area contributed by atoms with Crippen LogP contribution in [0.3, 0.4) is 0 Å². The quantitative estimate of drug-likeness (QED) is 0.115. The average molecular weight is 651 g/mol. The van der Waals surface area contributed by atoms with E-state index in [9.17, 15) is 9.90 Å². The van der Waals surface area contributed by atoms with Crippen LogP contribution >= 0.6 is 34.4 Å². The number of carbonyl (C=O) groups excluding carboxylic acids is 1. The smallest absolute Gasteiger partial charge is 0.253 e. The molecule has 13 heteroatoms. The molecule has 3 aromatic heterocycles. The van der Waals surface area contributed by atoms with Crippen molar-refractivity contribution < 1.29 is 19.4 Å². The van der Waals surface area contributed by atoms with Crippen molar-refractivity contribution in [2.45, 2.75) is 26.2 Å². The van der Waals surface area contributed by atoms with Gasteiger partial charge in [0.05, 0.1) is 35.1 Å². The maximum absolute atomic E-state index is 13.0. The molecule has 0 spiro atoms. The number of aryl methyl sites for hydroxylation is 1. The molecular weight excluding hydrogens is 617 g/mol. The number of thioether (sulfide) groups is 1. The summed E-state index contributed by atoms with van der Waals surface area (Å²) in [5.74, 6) is 1.94. The second kappa shape index (κ2) is 13.6. The van der Waals surface area contributed by atoms with Gasteiger partial charge < -0.3 is 19.5 Å². The van der Waals surface area contributed by atoms with Crippen molar-refractivity contribution in [3.63, 3.8) is 0 Å². The predicted octanol–water partition coefficient (Wildman–Crippen LogP) is 5.81. The molecule has 230 valence electrons. The fourth-order valence-electron chi connectivity index (χ4n) is 5.34. The number of aromatic nitrogens is 4. The zero-order valence-electron chi connectivity index (χ0n) is 24.9. The van der Waals surface area contributed by atoms with Crippen LogP contribution in [0.2, 0.25) is 0 Å². The highest BCUT2D eigenvalue weighted by Gasteiger charge is 2.23. The van der Waals surface area contributed by atoms with Crippen LogP contribution < -0.4 is 9.47 Å². The zero-order valence-corrected chi connectivity index (χ0v) is 27.3. The van der Waals surface area contributed by atoms with Gasteiger partial charge in [0.1, 0.15) is 33.8 Å². The number of rotatable bonds is 10. The Morgan fingerprint density at radius 2 is 1.91 bits per heavy atom. The third kappa shape index (κ3) is 6.60. The number of methoxy groups -OCH3 is 1. The Morgan fingerprint density at radius 1 is 1.14 bits per heavy atom. The number of aliphatic hydroxyl groups is 1. The molecule has 0 radical (unpaired) electrons. The minimum atomic E-state index is 0.0605. The summed E-state index contributed by atoms with van der Waals surface area (Å²) in [7, 11) is 1.63. The van der Waals surface area contributed by atoms with E-state index < -0.39 is 0 Å². The summed E-state index contributed by atoms with van der Waals surface area (Å²) in [6.45, 7) is 4.50. The van der Waals surface area contributed by atoms with Crippen molar-refractivity contribution in [2.75, 3.05) is 46.2 Å². The van der Waals surface area contributed by atoms with Gasteiger partial charge in [-0.25, -0.2) is 14.5 Å². The van der Waals surface area contributed by atoms with Gasteiger partial charge in [-0.05, 0) is 50.5 Å². The zero-order chi connectivity index (χ0) is 30.6. The maximum Gasteiger partial charge on any atom is 0.253 e. The summed E-state index contributed by atoms with van der Waals surface area (Å²) in [5, 5.41) is 16.3. The molecule has 10 nitrogen and oxygen atoms in total. The Kier molecular flexibility index (Phi) is 9.45. The normalized spacial score (nSPS) is 14.5. The van der Waals surface area contributed by atoms with E-state index in [0.717, 1.165) is 73.8 Å². The van der Waals surface area contributed by atoms with Crippen molar-refractivity contribution in [1.82, 2.24) is 24.5 Å². The van der Waals surface area contributed by atoms with E-state index >= 15 is 0 Å². The Morgan fingerprint density at radius 3 is 2.61 bits per heavy atom. The van der Waals surface area contributed by atoms with E-state index in [-0.39, 0.29) is 12.5 Å². The summed E-state index contributed by atoms with van der Waals surface area (Å²) in [6.07, 6.45) is 6.61. The molecule has 0 unspecified atom stereocenters. The number of aliphatic imine (C=N–C) groups is 1. The molecule has 1 amide bonds. The van der Waals surface area contributed by atoms with Gasteiger partial charge in [-0.15, -0.1) is 23.1 Å². The number of nitrogens with zero attached hydrogens (tertiary/aromatic N) is 6. The fourth-order valence-corrected chi connectivity index (χ4v) is 7.62. The summed E-state index contributed by atoms with van der Waals surface area (Å²) in [5.41, 5.74) is 3.22. The van der Waals surface area contributed by atoms with E-state index in [4.69, 9.17) is 24.4 Å². The number of carbonyl (C=O) groups is 1. The van der Waals surface area contributed by atoms with Gasteiger partial charge in [0.15, 0.2) is 0 Å². The molecule has 0 bridgehead atoms. The van der Waals surface area contributed by atoms with Gasteiger partial charge in [0.25, 0.3) is 5.91 Å². The molecule has 6 rings (SSSR count). The average Bonchev–Trinajstić information content (AvgIpc) is 3.74. The van der Waals surface area contributed by atoms with Crippen molar-refractivity contribution in [3.05, 3.63) is 58.7 Å². The van der Waals surface area contributed by atoms with Gasteiger partial charge in [-0.1, -0.05) is 23.5 Å². The highest BCUT2D eigenvalue weighted by atomic mass is 32.2. The molecule has 0 saturated carbocycles. The van der Waals surface area contributed by atoms with Crippen LogP contribution in [0, 0.1) is 12.8 Å². The summed E-state index contributed by atoms with van der Waals surface area (Å²) in [6, 6.07) is 11.5. The lowest BCUT2D eigenvalue weighted by atomic mass is 9.93. The molecule has 4 heterocycles. The molecule has 1 fully saturated rings. The molecule has 2 aromatic carbocycles. The standard InChI is InChI=1S/C31H34N6O4S3/c1-19-35-37-18-25(34-31(37)43-19)29-33-24-16-23(40-2)17-26(27(24)44-29)41-15-11-32-28(42-3)21-4-6-22(7-5-21)30(39)36-12-8-20(9-13-36)10-14-38/h4-7,16-18,20,38H,8-15H2,1-3H3/b32-28-. The number of piperidine rings is 1. The van der Waals surface area contributed by atoms with E-state index in [1.807, 2.05) is 60.7 Å². The van der Waals surface area contributed by atoms with Gasteiger partial charge in [-0.2, -0.15) is 5.10 Å². The molecule has 1 saturated heterocycles. The SMILES string of the molecule is COc1cc(OCC/N=C(\SC)c2ccc(C(=O)N3CCC(CCO)CC3)cc2)c2sc(-c3cn4nc(C)sc4n3)nc2c1. The molecule has 1 aliphatic rings. The first kappa shape index (κ1) is 30.5. The molecule has 1 N–H and O–H groups in total. The Bertz CT molecular complexity index is 1760. The number of aliphatic hydroxyl groups excluding tert-OH is 1. The molecule has 0 atom stereocenters. The number of amides is 1. The number of benzene rings is 2. The van der Waals surface area contributed by atoms with Gasteiger partial charge in [0.2, 0.25) is 4.96 Å². The highest BCUT2D eigenvalue weighted by Crippen LogP contribution is 2.39. The van der Waals surface area contributed by atoms with Gasteiger partial charge >= 0.3 is 0 Å². The first-order chi connectivity index (χ1) is 21.4. The minimum Gasteiger partial charge on any atom is -0.497 e. The van der Waals surface area contributed by atoms with E-state index in [1.54, 1.807) is 34.7 Å². The number of likely N-dealkylation sites (tertiary alicyclic amines) is 1. The van der Waals surface area contributed by atoms with Crippen LogP contribution in [0.4, 0.5) is 0 Å². The lowest BCUT2D eigenvalue weighted by Gasteiger charge is -2.31. The number of fused-ring (bicyclic) bond motifs is 2. The Labute approximate surface area is 267 Å². The van der Waals surface area contributed by atoms with Crippen LogP contribution in [0.1, 0.15) is 40.2 Å². The Hall–Kier alpha value is -3.52. The van der Waals surface area contributed by atoms with Crippen LogP contribution in [0.5, 0.6) is 11.5 Å². The summed E-state index contributed by atoms with van der Waals surface area (Å²) in [4.78, 5) is 30.1. The predicted molar refractivity (Wildman–Crippen MR) is 178 cm³/mol. The molecule has 0 aliphatic carbocycles. The molecule has 5 aromatic rings. The fraction of sp³-hybridized carbons (Fsp3) is 0.387. The molecule has 1 aliphatic heterocycles. The largest absolute Gasteiger partial charge is 0.497 e. The van der Waals surface area contributed by atoms with E-state index in [2.05, 4.69) is 5.10 Å². The topological polar surface area (TPSA) is 114 Å². The summed E-state index contributed by atoms with van der Waals surface area (Å²) < 4.78 is 14.4. The second-order valence-electron chi connectivity index (χ2n) is 10.5. The number of thiazole rings is 1. The minimum absolute atomic E-state index is 0.0605. The first-order valence-corrected chi connectivity index (χ1v) is 17.3. The van der Waals surface area contributed by atoms with Crippen molar-refractivity contribution in [2.24, 2.45) is 10.9 Å². The number of hydrogen-bond donors (Lipinski definition) is 1. The second-order valence-corrected chi connectivity index (χ2v) is 13.5. The van der Waals surface area contributed by atoms with Crippen LogP contribution in [-0.4, -0.2) is 86.8 Å². The third-order valence-corrected chi connectivity index (χ3v) is 10.3. The van der Waals surface area contributed by atoms with Crippen molar-refractivity contribution >= 4 is 60.6 Å². The number of ether oxygens (including phenoxy) is 2. The highest BCUT2D eigenvalue weighted by molar-refractivity contribution is 8.13. The maximum atomic E-state index is 13.0. The lowest BCUT2D eigenvalue weighted by molar-refractivity contribution is 0.0678. The van der Waals surface area contributed by atoms with Crippen LogP contribution in [0.15, 0.2) is 47.6 Å². The van der Waals surface area contributed by atoms with Crippen molar-refractivity contribution in [1.29, 1.82) is 0 Å². The van der Waals surface area contributed by atoms with Crippen LogP contribution in [-0.2, 0) is 0 Å². The van der Waals surface area contributed by atoms with Gasteiger partial charge in [0, 0.05) is 43.0 Å². The summed E-state index contributed by atoms with van der Waals surface area (Å²) >= 11 is 4.64. The lowest BCUT2D eigenvalue weighted by Crippen LogP contribution is -2.38.